The van der Waals surface area contributed by atoms with Gasteiger partial charge in [0.25, 0.3) is 0 Å². The molecular formula is C15H25N3O. The predicted octanol–water partition coefficient (Wildman–Crippen LogP) is 1.19. The summed E-state index contributed by atoms with van der Waals surface area (Å²) in [5.74, 6) is -0.872. The van der Waals surface area contributed by atoms with Crippen molar-refractivity contribution in [3.05, 3.63) is 35.9 Å². The van der Waals surface area contributed by atoms with Gasteiger partial charge in [-0.3, -0.25) is 4.79 Å². The second-order valence-electron chi connectivity index (χ2n) is 4.25. The molecule has 0 saturated heterocycles. The number of nitrogens with two attached hydrogens (primary N) is 2. The van der Waals surface area contributed by atoms with Crippen LogP contribution in [0.3, 0.4) is 0 Å². The van der Waals surface area contributed by atoms with E-state index in [0.717, 1.165) is 0 Å². The molecule has 4 nitrogen and oxygen atoms in total. The first-order valence-electron chi connectivity index (χ1n) is 9.30. The average Bonchev–Trinajstić information content (AvgIpc) is 2.54. The van der Waals surface area contributed by atoms with Crippen LogP contribution in [0.5, 0.6) is 0 Å². The van der Waals surface area contributed by atoms with Crippen molar-refractivity contribution in [3.63, 3.8) is 0 Å². The summed E-state index contributed by atoms with van der Waals surface area (Å²) in [6.07, 6.45) is -1.15. The van der Waals surface area contributed by atoms with Crippen LogP contribution in [0, 0.1) is 0 Å². The molecule has 0 aliphatic rings. The molecule has 0 aliphatic carbocycles. The normalized spacial score (nSPS) is 21.6. The number of benzene rings is 1. The van der Waals surface area contributed by atoms with Gasteiger partial charge in [-0.05, 0) is 38.2 Å². The molecule has 5 N–H and O–H groups in total. The number of hydrogen-bond donors (Lipinski definition) is 3. The SMILES string of the molecule is [2H]C([2H])([2H])C([2H])(NC(=O)[C@@H](N)CCCCN)C([2H])([2H])c1ccccc1. The molecule has 1 aromatic carbocycles. The molecule has 19 heavy (non-hydrogen) atoms. The van der Waals surface area contributed by atoms with E-state index in [1.54, 1.807) is 6.07 Å². The van der Waals surface area contributed by atoms with Gasteiger partial charge in [0.15, 0.2) is 0 Å². The first kappa shape index (κ1) is 8.72. The summed E-state index contributed by atoms with van der Waals surface area (Å²) in [4.78, 5) is 12.3. The molecule has 1 amide bonds. The van der Waals surface area contributed by atoms with E-state index in [1.807, 2.05) is 5.32 Å². The number of amides is 1. The summed E-state index contributed by atoms with van der Waals surface area (Å²) < 4.78 is 47.6. The first-order valence-corrected chi connectivity index (χ1v) is 6.30. The fourth-order valence-electron chi connectivity index (χ4n) is 1.55. The summed E-state index contributed by atoms with van der Waals surface area (Å²) in [7, 11) is 0. The van der Waals surface area contributed by atoms with Crippen molar-refractivity contribution in [2.45, 2.75) is 44.5 Å². The van der Waals surface area contributed by atoms with Gasteiger partial charge in [-0.15, -0.1) is 0 Å². The van der Waals surface area contributed by atoms with E-state index in [-0.39, 0.29) is 12.0 Å². The fourth-order valence-corrected chi connectivity index (χ4v) is 1.55. The third-order valence-electron chi connectivity index (χ3n) is 2.60. The van der Waals surface area contributed by atoms with Gasteiger partial charge in [-0.25, -0.2) is 0 Å². The highest BCUT2D eigenvalue weighted by atomic mass is 16.2. The van der Waals surface area contributed by atoms with Gasteiger partial charge in [0.05, 0.1) is 7.41 Å². The third-order valence-corrected chi connectivity index (χ3v) is 2.60. The van der Waals surface area contributed by atoms with Gasteiger partial charge in [-0.2, -0.15) is 0 Å². The minimum Gasteiger partial charge on any atom is -0.352 e. The maximum Gasteiger partial charge on any atom is 0.237 e. The Hall–Kier alpha value is -1.39. The van der Waals surface area contributed by atoms with E-state index in [4.69, 9.17) is 19.7 Å². The van der Waals surface area contributed by atoms with E-state index >= 15 is 0 Å². The van der Waals surface area contributed by atoms with Gasteiger partial charge >= 0.3 is 0 Å². The lowest BCUT2D eigenvalue weighted by atomic mass is 10.1. The molecule has 1 aromatic rings. The minimum absolute atomic E-state index is 0.0156. The van der Waals surface area contributed by atoms with Crippen LogP contribution in [-0.4, -0.2) is 24.5 Å². The maximum absolute atomic E-state index is 12.3. The van der Waals surface area contributed by atoms with Crippen molar-refractivity contribution >= 4 is 5.91 Å². The van der Waals surface area contributed by atoms with Gasteiger partial charge in [0, 0.05) is 12.9 Å². The van der Waals surface area contributed by atoms with Gasteiger partial charge in [0.2, 0.25) is 5.91 Å². The highest BCUT2D eigenvalue weighted by molar-refractivity contribution is 5.81. The molecule has 0 heterocycles. The van der Waals surface area contributed by atoms with E-state index < -0.39 is 31.2 Å². The quantitative estimate of drug-likeness (QED) is 0.620. The van der Waals surface area contributed by atoms with Crippen LogP contribution in [0.4, 0.5) is 0 Å². The van der Waals surface area contributed by atoms with E-state index in [9.17, 15) is 4.79 Å². The zero-order valence-corrected chi connectivity index (χ0v) is 10.9. The first-order chi connectivity index (χ1) is 11.5. The Morgan fingerprint density at radius 2 is 2.21 bits per heavy atom. The van der Waals surface area contributed by atoms with E-state index in [1.165, 1.54) is 24.3 Å². The van der Waals surface area contributed by atoms with E-state index in [0.29, 0.717) is 19.4 Å². The summed E-state index contributed by atoms with van der Waals surface area (Å²) >= 11 is 0. The molecule has 1 rings (SSSR count). The van der Waals surface area contributed by atoms with Crippen LogP contribution in [0.1, 0.15) is 39.9 Å². The Bertz CT molecular complexity index is 566. The summed E-state index contributed by atoms with van der Waals surface area (Å²) in [6, 6.07) is 3.55. The molecule has 0 spiro atoms. The number of carbonyl (C=O) groups excluding carboxylic acids is 1. The van der Waals surface area contributed by atoms with E-state index in [2.05, 4.69) is 0 Å². The molecule has 0 fully saturated rings. The van der Waals surface area contributed by atoms with Crippen molar-refractivity contribution in [2.75, 3.05) is 6.54 Å². The monoisotopic (exact) mass is 269 g/mol. The molecule has 106 valence electrons. The number of hydrogen-bond acceptors (Lipinski definition) is 3. The second kappa shape index (κ2) is 8.67. The van der Waals surface area contributed by atoms with Crippen LogP contribution < -0.4 is 16.8 Å². The molecule has 0 radical (unpaired) electrons. The van der Waals surface area contributed by atoms with Crippen LogP contribution in [-0.2, 0) is 11.2 Å². The molecule has 0 saturated carbocycles. The fraction of sp³-hybridized carbons (Fsp3) is 0.533. The van der Waals surface area contributed by atoms with Crippen LogP contribution in [0.15, 0.2) is 30.3 Å². The largest absolute Gasteiger partial charge is 0.352 e. The lowest BCUT2D eigenvalue weighted by molar-refractivity contribution is -0.123. The number of unbranched alkanes of at least 4 members (excludes halogenated alkanes) is 1. The Labute approximate surface area is 124 Å². The molecule has 4 heteroatoms. The Morgan fingerprint density at radius 1 is 1.47 bits per heavy atom. The maximum atomic E-state index is 12.3. The van der Waals surface area contributed by atoms with Crippen molar-refractivity contribution < 1.29 is 13.0 Å². The summed E-state index contributed by atoms with van der Waals surface area (Å²) in [5.41, 5.74) is 11.1. The molecule has 0 aliphatic heterocycles. The lowest BCUT2D eigenvalue weighted by Gasteiger charge is -2.17. The van der Waals surface area contributed by atoms with Gasteiger partial charge < -0.3 is 16.8 Å². The highest BCUT2D eigenvalue weighted by Gasteiger charge is 2.15. The molecule has 2 atom stereocenters. The zero-order valence-electron chi connectivity index (χ0n) is 16.9. The molecular weight excluding hydrogens is 238 g/mol. The summed E-state index contributed by atoms with van der Waals surface area (Å²) in [6.45, 7) is -2.67. The van der Waals surface area contributed by atoms with Crippen LogP contribution in [0.25, 0.3) is 0 Å². The molecule has 0 bridgehead atoms. The number of nitrogens with one attached hydrogen (secondary N) is 1. The highest BCUT2D eigenvalue weighted by Crippen LogP contribution is 2.04. The van der Waals surface area contributed by atoms with Crippen molar-refractivity contribution in [2.24, 2.45) is 11.5 Å². The summed E-state index contributed by atoms with van der Waals surface area (Å²) in [5, 5.41) is 2.03. The molecule has 0 aromatic heterocycles. The Morgan fingerprint density at radius 3 is 2.84 bits per heavy atom. The average molecular weight is 269 g/mol. The van der Waals surface area contributed by atoms with Crippen molar-refractivity contribution in [1.29, 1.82) is 0 Å². The Balaban J connectivity index is 3.10. The number of rotatable bonds is 8. The van der Waals surface area contributed by atoms with Crippen LogP contribution >= 0.6 is 0 Å². The molecule has 1 unspecified atom stereocenters. The van der Waals surface area contributed by atoms with Gasteiger partial charge in [0.1, 0.15) is 0 Å². The lowest BCUT2D eigenvalue weighted by Crippen LogP contribution is -2.45. The second-order valence-corrected chi connectivity index (χ2v) is 4.25. The third kappa shape index (κ3) is 6.36. The van der Waals surface area contributed by atoms with Gasteiger partial charge in [-0.1, -0.05) is 36.8 Å². The predicted molar refractivity (Wildman–Crippen MR) is 78.6 cm³/mol. The smallest absolute Gasteiger partial charge is 0.237 e. The topological polar surface area (TPSA) is 81.1 Å². The Kier molecular flexibility index (Phi) is 3.98. The minimum atomic E-state index is -3.11. The zero-order chi connectivity index (χ0) is 19.3. The van der Waals surface area contributed by atoms with Crippen LogP contribution in [0.2, 0.25) is 0 Å². The van der Waals surface area contributed by atoms with Crippen molar-refractivity contribution in [1.82, 2.24) is 5.32 Å². The van der Waals surface area contributed by atoms with Crippen molar-refractivity contribution in [3.8, 4) is 0 Å². The number of carbonyl (C=O) groups is 1. The standard InChI is InChI=1S/C15H25N3O/c1-12(11-13-7-3-2-4-8-13)18-15(19)14(17)9-5-6-10-16/h2-4,7-8,12,14H,5-6,9-11,16-17H2,1H3,(H,18,19)/t12?,14-/m0/s1/i1D3,11D2,12D.